The molecule has 8 nitrogen and oxygen atoms in total. The van der Waals surface area contributed by atoms with Gasteiger partial charge in [-0.1, -0.05) is 0 Å². The van der Waals surface area contributed by atoms with Gasteiger partial charge in [0, 0.05) is 25.1 Å². The lowest BCUT2D eigenvalue weighted by Gasteiger charge is -2.08. The second-order valence-electron chi connectivity index (χ2n) is 4.19. The standard InChI is InChI=1S/C15H19N3O5/c1-3-22-14(20)12(13(19)18-15(21)23-4-2)10-17-9-11-5-7-16-8-6-11/h5-8,10,17H,3-4,9H2,1-2H3,(H,18,19,21). The van der Waals surface area contributed by atoms with Crippen molar-refractivity contribution in [3.05, 3.63) is 41.9 Å². The van der Waals surface area contributed by atoms with Crippen LogP contribution in [0.4, 0.5) is 4.79 Å². The molecule has 0 unspecified atom stereocenters. The second-order valence-corrected chi connectivity index (χ2v) is 4.19. The van der Waals surface area contributed by atoms with Crippen LogP contribution in [-0.2, 0) is 25.6 Å². The number of amides is 2. The molecular formula is C15H19N3O5. The SMILES string of the molecule is CCOC(=O)NC(=O)C(=CNCc1ccncc1)C(=O)OCC. The van der Waals surface area contributed by atoms with E-state index >= 15 is 0 Å². The number of esters is 1. The molecule has 1 heterocycles. The third-order valence-corrected chi connectivity index (χ3v) is 2.53. The van der Waals surface area contributed by atoms with E-state index in [1.165, 1.54) is 6.20 Å². The molecule has 1 aromatic heterocycles. The van der Waals surface area contributed by atoms with Crippen molar-refractivity contribution < 1.29 is 23.9 Å². The first-order chi connectivity index (χ1) is 11.1. The molecule has 0 aliphatic carbocycles. The number of aromatic nitrogens is 1. The Bertz CT molecular complexity index is 572. The van der Waals surface area contributed by atoms with E-state index in [0.29, 0.717) is 6.54 Å². The predicted octanol–water partition coefficient (Wildman–Crippen LogP) is 0.891. The van der Waals surface area contributed by atoms with Gasteiger partial charge in [0.15, 0.2) is 0 Å². The second kappa shape index (κ2) is 9.93. The fourth-order valence-electron chi connectivity index (χ4n) is 1.52. The maximum absolute atomic E-state index is 12.0. The first-order valence-electron chi connectivity index (χ1n) is 7.06. The fraction of sp³-hybridized carbons (Fsp3) is 0.333. The number of pyridine rings is 1. The first kappa shape index (κ1) is 18.1. The van der Waals surface area contributed by atoms with Crippen LogP contribution in [0.15, 0.2) is 36.3 Å². The third-order valence-electron chi connectivity index (χ3n) is 2.53. The van der Waals surface area contributed by atoms with Crippen LogP contribution in [0.25, 0.3) is 0 Å². The minimum atomic E-state index is -0.929. The number of nitrogens with one attached hydrogen (secondary N) is 2. The summed E-state index contributed by atoms with van der Waals surface area (Å²) in [5.41, 5.74) is 0.583. The number of alkyl carbamates (subject to hydrolysis) is 1. The van der Waals surface area contributed by atoms with Crippen LogP contribution in [0.2, 0.25) is 0 Å². The average molecular weight is 321 g/mol. The molecule has 0 radical (unpaired) electrons. The quantitative estimate of drug-likeness (QED) is 0.332. The van der Waals surface area contributed by atoms with Crippen molar-refractivity contribution in [2.75, 3.05) is 13.2 Å². The number of nitrogens with zero attached hydrogens (tertiary/aromatic N) is 1. The monoisotopic (exact) mass is 321 g/mol. The van der Waals surface area contributed by atoms with Crippen LogP contribution in [0.5, 0.6) is 0 Å². The molecule has 124 valence electrons. The summed E-state index contributed by atoms with van der Waals surface area (Å²) in [6, 6.07) is 3.56. The van der Waals surface area contributed by atoms with Crippen molar-refractivity contribution in [1.29, 1.82) is 0 Å². The summed E-state index contributed by atoms with van der Waals surface area (Å²) >= 11 is 0. The molecule has 0 bridgehead atoms. The zero-order valence-corrected chi connectivity index (χ0v) is 13.0. The molecular weight excluding hydrogens is 302 g/mol. The lowest BCUT2D eigenvalue weighted by molar-refractivity contribution is -0.140. The summed E-state index contributed by atoms with van der Waals surface area (Å²) in [6.07, 6.45) is 3.52. The Labute approximate surface area is 133 Å². The topological polar surface area (TPSA) is 107 Å². The van der Waals surface area contributed by atoms with Gasteiger partial charge in [-0.3, -0.25) is 15.1 Å². The van der Waals surface area contributed by atoms with Crippen LogP contribution < -0.4 is 10.6 Å². The molecule has 0 aliphatic heterocycles. The van der Waals surface area contributed by atoms with E-state index in [1.54, 1.807) is 38.4 Å². The molecule has 0 atom stereocenters. The minimum Gasteiger partial charge on any atom is -0.462 e. The van der Waals surface area contributed by atoms with Gasteiger partial charge < -0.3 is 14.8 Å². The normalized spacial score (nSPS) is 10.6. The Morgan fingerprint density at radius 2 is 1.78 bits per heavy atom. The highest BCUT2D eigenvalue weighted by atomic mass is 16.5. The molecule has 2 amide bonds. The number of ether oxygens (including phenoxy) is 2. The molecule has 0 spiro atoms. The molecule has 0 fully saturated rings. The Morgan fingerprint density at radius 1 is 1.13 bits per heavy atom. The van der Waals surface area contributed by atoms with E-state index in [4.69, 9.17) is 4.74 Å². The molecule has 1 rings (SSSR count). The van der Waals surface area contributed by atoms with Crippen LogP contribution in [0, 0.1) is 0 Å². The first-order valence-corrected chi connectivity index (χ1v) is 7.06. The van der Waals surface area contributed by atoms with Crippen molar-refractivity contribution in [1.82, 2.24) is 15.6 Å². The number of imide groups is 1. The molecule has 8 heteroatoms. The highest BCUT2D eigenvalue weighted by Gasteiger charge is 2.22. The van der Waals surface area contributed by atoms with E-state index < -0.39 is 18.0 Å². The van der Waals surface area contributed by atoms with E-state index in [9.17, 15) is 14.4 Å². The van der Waals surface area contributed by atoms with Crippen LogP contribution in [-0.4, -0.2) is 36.2 Å². The summed E-state index contributed by atoms with van der Waals surface area (Å²) in [5.74, 6) is -1.74. The highest BCUT2D eigenvalue weighted by Crippen LogP contribution is 2.00. The number of carbonyl (C=O) groups excluding carboxylic acids is 3. The third kappa shape index (κ3) is 6.60. The van der Waals surface area contributed by atoms with Gasteiger partial charge >= 0.3 is 12.1 Å². The van der Waals surface area contributed by atoms with Gasteiger partial charge in [0.1, 0.15) is 5.57 Å². The molecule has 0 saturated heterocycles. The van der Waals surface area contributed by atoms with Crippen LogP contribution in [0.3, 0.4) is 0 Å². The Balaban J connectivity index is 2.74. The van der Waals surface area contributed by atoms with E-state index in [2.05, 4.69) is 15.0 Å². The zero-order chi connectivity index (χ0) is 17.1. The Morgan fingerprint density at radius 3 is 2.39 bits per heavy atom. The van der Waals surface area contributed by atoms with Gasteiger partial charge in [0.05, 0.1) is 13.2 Å². The Hall–Kier alpha value is -2.90. The van der Waals surface area contributed by atoms with Gasteiger partial charge in [-0.25, -0.2) is 9.59 Å². The molecule has 1 aromatic rings. The summed E-state index contributed by atoms with van der Waals surface area (Å²) in [5, 5.41) is 4.77. The summed E-state index contributed by atoms with van der Waals surface area (Å²) < 4.78 is 9.40. The van der Waals surface area contributed by atoms with Crippen LogP contribution in [0.1, 0.15) is 19.4 Å². The van der Waals surface area contributed by atoms with E-state index in [-0.39, 0.29) is 18.8 Å². The molecule has 0 saturated carbocycles. The van der Waals surface area contributed by atoms with Crippen molar-refractivity contribution in [3.8, 4) is 0 Å². The fourth-order valence-corrected chi connectivity index (χ4v) is 1.52. The predicted molar refractivity (Wildman–Crippen MR) is 81.0 cm³/mol. The van der Waals surface area contributed by atoms with E-state index in [1.807, 2.05) is 5.32 Å². The largest absolute Gasteiger partial charge is 0.462 e. The lowest BCUT2D eigenvalue weighted by atomic mass is 10.2. The molecule has 0 aromatic carbocycles. The van der Waals surface area contributed by atoms with Crippen molar-refractivity contribution in [3.63, 3.8) is 0 Å². The van der Waals surface area contributed by atoms with Crippen LogP contribution >= 0.6 is 0 Å². The Kier molecular flexibility index (Phi) is 7.84. The van der Waals surface area contributed by atoms with Crippen molar-refractivity contribution >= 4 is 18.0 Å². The highest BCUT2D eigenvalue weighted by molar-refractivity contribution is 6.19. The maximum atomic E-state index is 12.0. The van der Waals surface area contributed by atoms with Crippen molar-refractivity contribution in [2.45, 2.75) is 20.4 Å². The molecule has 2 N–H and O–H groups in total. The summed E-state index contributed by atoms with van der Waals surface area (Å²) in [4.78, 5) is 38.9. The van der Waals surface area contributed by atoms with Gasteiger partial charge in [-0.2, -0.15) is 0 Å². The average Bonchev–Trinajstić information content (AvgIpc) is 2.52. The number of rotatable bonds is 7. The smallest absolute Gasteiger partial charge is 0.414 e. The van der Waals surface area contributed by atoms with E-state index in [0.717, 1.165) is 5.56 Å². The minimum absolute atomic E-state index is 0.104. The van der Waals surface area contributed by atoms with Gasteiger partial charge in [-0.05, 0) is 31.5 Å². The lowest BCUT2D eigenvalue weighted by Crippen LogP contribution is -2.35. The number of hydrogen-bond acceptors (Lipinski definition) is 7. The summed E-state index contributed by atoms with van der Waals surface area (Å²) in [7, 11) is 0. The van der Waals surface area contributed by atoms with Gasteiger partial charge in [-0.15, -0.1) is 0 Å². The number of hydrogen-bond donors (Lipinski definition) is 2. The zero-order valence-electron chi connectivity index (χ0n) is 13.0. The van der Waals surface area contributed by atoms with Gasteiger partial charge in [0.2, 0.25) is 0 Å². The van der Waals surface area contributed by atoms with Gasteiger partial charge in [0.25, 0.3) is 5.91 Å². The van der Waals surface area contributed by atoms with Crippen molar-refractivity contribution in [2.24, 2.45) is 0 Å². The summed E-state index contributed by atoms with van der Waals surface area (Å²) in [6.45, 7) is 3.80. The number of carbonyl (C=O) groups is 3. The maximum Gasteiger partial charge on any atom is 0.414 e. The molecule has 0 aliphatic rings. The molecule has 23 heavy (non-hydrogen) atoms.